The highest BCUT2D eigenvalue weighted by molar-refractivity contribution is 5.97. The molecule has 1 atom stereocenters. The van der Waals surface area contributed by atoms with Crippen LogP contribution in [0.25, 0.3) is 0 Å². The number of hydrogen-bond acceptors (Lipinski definition) is 6. The Bertz CT molecular complexity index is 882. The Labute approximate surface area is 171 Å². The lowest BCUT2D eigenvalue weighted by atomic mass is 10.1. The number of aromatic nitrogens is 1. The van der Waals surface area contributed by atoms with Crippen LogP contribution in [-0.4, -0.2) is 49.1 Å². The van der Waals surface area contributed by atoms with Crippen LogP contribution in [-0.2, 0) is 4.79 Å². The van der Waals surface area contributed by atoms with Gasteiger partial charge in [-0.1, -0.05) is 18.2 Å². The number of nitrogens with zero attached hydrogens (tertiary/aromatic N) is 4. The van der Waals surface area contributed by atoms with Crippen molar-refractivity contribution in [2.75, 3.05) is 38.2 Å². The van der Waals surface area contributed by atoms with Crippen LogP contribution in [0, 0.1) is 11.3 Å². The highest BCUT2D eigenvalue weighted by Gasteiger charge is 2.19. The minimum atomic E-state index is -0.372. The maximum atomic E-state index is 12.6. The van der Waals surface area contributed by atoms with Crippen molar-refractivity contribution >= 4 is 11.7 Å². The second kappa shape index (κ2) is 9.60. The van der Waals surface area contributed by atoms with Gasteiger partial charge in [0, 0.05) is 38.6 Å². The van der Waals surface area contributed by atoms with E-state index in [0.717, 1.165) is 43.3 Å². The average molecular weight is 391 g/mol. The van der Waals surface area contributed by atoms with Crippen molar-refractivity contribution in [3.05, 3.63) is 66.0 Å². The van der Waals surface area contributed by atoms with Crippen molar-refractivity contribution in [1.29, 1.82) is 5.26 Å². The van der Waals surface area contributed by atoms with Crippen LogP contribution in [0.1, 0.15) is 18.5 Å². The number of carbonyl (C=O) groups is 1. The summed E-state index contributed by atoms with van der Waals surface area (Å²) >= 11 is 0. The van der Waals surface area contributed by atoms with Crippen molar-refractivity contribution < 1.29 is 9.53 Å². The fraction of sp³-hybridized carbons (Fsp3) is 0.318. The first-order chi connectivity index (χ1) is 14.1. The Hall–Kier alpha value is -3.53. The number of ether oxygens (including phenoxy) is 1. The summed E-state index contributed by atoms with van der Waals surface area (Å²) in [6, 6.07) is 15.2. The Morgan fingerprint density at radius 2 is 1.93 bits per heavy atom. The molecule has 7 heteroatoms. The van der Waals surface area contributed by atoms with E-state index in [9.17, 15) is 10.1 Å². The number of nitrogens with one attached hydrogen (secondary N) is 1. The second-order valence-electron chi connectivity index (χ2n) is 6.83. The predicted molar refractivity (Wildman–Crippen MR) is 111 cm³/mol. The summed E-state index contributed by atoms with van der Waals surface area (Å²) in [5, 5.41) is 12.4. The molecular weight excluding hydrogens is 366 g/mol. The van der Waals surface area contributed by atoms with Gasteiger partial charge in [-0.25, -0.2) is 4.98 Å². The highest BCUT2D eigenvalue weighted by atomic mass is 16.5. The molecule has 2 heterocycles. The van der Waals surface area contributed by atoms with E-state index in [0.29, 0.717) is 0 Å². The zero-order valence-corrected chi connectivity index (χ0v) is 16.7. The molecule has 2 aromatic rings. The topological polar surface area (TPSA) is 81.5 Å². The molecule has 29 heavy (non-hydrogen) atoms. The molecule has 1 aliphatic rings. The van der Waals surface area contributed by atoms with Crippen molar-refractivity contribution in [3.8, 4) is 11.8 Å². The molecule has 1 fully saturated rings. The Morgan fingerprint density at radius 3 is 2.52 bits per heavy atom. The first-order valence-corrected chi connectivity index (χ1v) is 9.57. The minimum Gasteiger partial charge on any atom is -0.497 e. The SMILES string of the molecule is COc1ccc(C(C)NC(=O)/C(C#N)=C\N2CCN(c3ccccn3)CC2)cc1. The third-order valence-corrected chi connectivity index (χ3v) is 4.93. The first kappa shape index (κ1) is 20.2. The standard InChI is InChI=1S/C22H25N5O2/c1-17(18-6-8-20(29-2)9-7-18)25-22(28)19(15-23)16-26-11-13-27(14-12-26)21-5-3-4-10-24-21/h3-10,16-17H,11-14H2,1-2H3,(H,25,28)/b19-16-. The Kier molecular flexibility index (Phi) is 6.69. The predicted octanol–water partition coefficient (Wildman–Crippen LogP) is 2.50. The van der Waals surface area contributed by atoms with Crippen molar-refractivity contribution in [3.63, 3.8) is 0 Å². The number of anilines is 1. The molecule has 150 valence electrons. The molecule has 1 amide bonds. The van der Waals surface area contributed by atoms with E-state index < -0.39 is 0 Å². The average Bonchev–Trinajstić information content (AvgIpc) is 2.78. The van der Waals surface area contributed by atoms with Crippen molar-refractivity contribution in [2.24, 2.45) is 0 Å². The lowest BCUT2D eigenvalue weighted by Crippen LogP contribution is -2.44. The van der Waals surface area contributed by atoms with Gasteiger partial charge >= 0.3 is 0 Å². The Morgan fingerprint density at radius 1 is 1.21 bits per heavy atom. The number of piperazine rings is 1. The van der Waals surface area contributed by atoms with Crippen LogP contribution >= 0.6 is 0 Å². The normalized spacial score (nSPS) is 15.4. The van der Waals surface area contributed by atoms with Crippen LogP contribution in [0.5, 0.6) is 5.75 Å². The highest BCUT2D eigenvalue weighted by Crippen LogP contribution is 2.18. The largest absolute Gasteiger partial charge is 0.497 e. The molecule has 1 unspecified atom stereocenters. The summed E-state index contributed by atoms with van der Waals surface area (Å²) in [5.41, 5.74) is 1.05. The lowest BCUT2D eigenvalue weighted by molar-refractivity contribution is -0.117. The molecule has 0 radical (unpaired) electrons. The molecule has 1 N–H and O–H groups in total. The minimum absolute atomic E-state index is 0.108. The van der Waals surface area contributed by atoms with Gasteiger partial charge in [0.1, 0.15) is 23.2 Å². The van der Waals surface area contributed by atoms with Gasteiger partial charge in [0.2, 0.25) is 0 Å². The second-order valence-corrected chi connectivity index (χ2v) is 6.83. The zero-order chi connectivity index (χ0) is 20.6. The van der Waals surface area contributed by atoms with E-state index in [1.807, 2.05) is 60.4 Å². The van der Waals surface area contributed by atoms with E-state index in [1.165, 1.54) is 0 Å². The van der Waals surface area contributed by atoms with Crippen LogP contribution in [0.15, 0.2) is 60.4 Å². The summed E-state index contributed by atoms with van der Waals surface area (Å²) < 4.78 is 5.15. The number of carbonyl (C=O) groups excluding carboxylic acids is 1. The molecule has 0 bridgehead atoms. The molecule has 3 rings (SSSR count). The number of nitriles is 1. The van der Waals surface area contributed by atoms with E-state index >= 15 is 0 Å². The summed E-state index contributed by atoms with van der Waals surface area (Å²) in [6.45, 7) is 4.92. The van der Waals surface area contributed by atoms with Gasteiger partial charge in [-0.2, -0.15) is 5.26 Å². The van der Waals surface area contributed by atoms with Gasteiger partial charge in [-0.05, 0) is 36.8 Å². The number of hydrogen-bond donors (Lipinski definition) is 1. The Balaban J connectivity index is 1.57. The molecular formula is C22H25N5O2. The molecule has 0 spiro atoms. The third-order valence-electron chi connectivity index (χ3n) is 4.93. The summed E-state index contributed by atoms with van der Waals surface area (Å²) in [4.78, 5) is 21.1. The summed E-state index contributed by atoms with van der Waals surface area (Å²) in [6.07, 6.45) is 3.44. The van der Waals surface area contributed by atoms with Gasteiger partial charge in [0.25, 0.3) is 5.91 Å². The zero-order valence-electron chi connectivity index (χ0n) is 16.7. The van der Waals surface area contributed by atoms with Gasteiger partial charge < -0.3 is 19.9 Å². The van der Waals surface area contributed by atoms with Crippen LogP contribution in [0.3, 0.4) is 0 Å². The van der Waals surface area contributed by atoms with Crippen LogP contribution < -0.4 is 15.0 Å². The number of amides is 1. The van der Waals surface area contributed by atoms with E-state index in [1.54, 1.807) is 19.5 Å². The smallest absolute Gasteiger partial charge is 0.263 e. The van der Waals surface area contributed by atoms with E-state index in [4.69, 9.17) is 4.74 Å². The van der Waals surface area contributed by atoms with Gasteiger partial charge in [0.15, 0.2) is 0 Å². The molecule has 1 saturated heterocycles. The fourth-order valence-corrected chi connectivity index (χ4v) is 3.19. The van der Waals surface area contributed by atoms with Crippen molar-refractivity contribution in [2.45, 2.75) is 13.0 Å². The number of methoxy groups -OCH3 is 1. The quantitative estimate of drug-likeness (QED) is 0.602. The maximum Gasteiger partial charge on any atom is 0.263 e. The fourth-order valence-electron chi connectivity index (χ4n) is 3.19. The summed E-state index contributed by atoms with van der Waals surface area (Å²) in [7, 11) is 1.61. The molecule has 7 nitrogen and oxygen atoms in total. The van der Waals surface area contributed by atoms with Crippen LogP contribution in [0.2, 0.25) is 0 Å². The van der Waals surface area contributed by atoms with Gasteiger partial charge in [-0.3, -0.25) is 4.79 Å². The third kappa shape index (κ3) is 5.26. The first-order valence-electron chi connectivity index (χ1n) is 9.57. The van der Waals surface area contributed by atoms with Crippen molar-refractivity contribution in [1.82, 2.24) is 15.2 Å². The monoisotopic (exact) mass is 391 g/mol. The van der Waals surface area contributed by atoms with Gasteiger partial charge in [0.05, 0.1) is 13.2 Å². The molecule has 1 aliphatic heterocycles. The lowest BCUT2D eigenvalue weighted by Gasteiger charge is -2.34. The van der Waals surface area contributed by atoms with E-state index in [-0.39, 0.29) is 17.5 Å². The van der Waals surface area contributed by atoms with Crippen LogP contribution in [0.4, 0.5) is 5.82 Å². The van der Waals surface area contributed by atoms with Gasteiger partial charge in [-0.15, -0.1) is 0 Å². The van der Waals surface area contributed by atoms with E-state index in [2.05, 4.69) is 15.2 Å². The number of benzene rings is 1. The molecule has 1 aromatic carbocycles. The maximum absolute atomic E-state index is 12.6. The molecule has 1 aromatic heterocycles. The number of rotatable bonds is 6. The molecule has 0 aliphatic carbocycles. The number of pyridine rings is 1. The summed E-state index contributed by atoms with van der Waals surface area (Å²) in [5.74, 6) is 1.33. The molecule has 0 saturated carbocycles.